The van der Waals surface area contributed by atoms with Gasteiger partial charge in [0.15, 0.2) is 0 Å². The average molecular weight is 310 g/mol. The van der Waals surface area contributed by atoms with Crippen LogP contribution in [0.1, 0.15) is 22.6 Å². The summed E-state index contributed by atoms with van der Waals surface area (Å²) in [4.78, 5) is 13.2. The van der Waals surface area contributed by atoms with Gasteiger partial charge in [-0.3, -0.25) is 4.79 Å². The summed E-state index contributed by atoms with van der Waals surface area (Å²) >= 11 is 5.15. The van der Waals surface area contributed by atoms with Crippen LogP contribution in [0, 0.1) is 0 Å². The molecule has 0 saturated heterocycles. The Morgan fingerprint density at radius 2 is 2.12 bits per heavy atom. The third-order valence-electron chi connectivity index (χ3n) is 3.19. The molecule has 0 fully saturated rings. The van der Waals surface area contributed by atoms with Crippen molar-refractivity contribution in [3.8, 4) is 0 Å². The minimum Gasteiger partial charge on any atom is -0.307 e. The second-order valence-corrected chi connectivity index (χ2v) is 6.84. The van der Waals surface area contributed by atoms with Crippen molar-refractivity contribution < 1.29 is 0 Å². The Morgan fingerprint density at radius 3 is 2.88 bits per heavy atom. The molecule has 17 heavy (non-hydrogen) atoms. The number of aryl methyl sites for hydroxylation is 1. The fourth-order valence-corrected chi connectivity index (χ4v) is 3.87. The maximum absolute atomic E-state index is 11.9. The highest BCUT2D eigenvalue weighted by Crippen LogP contribution is 2.25. The highest BCUT2D eigenvalue weighted by Gasteiger charge is 2.16. The standard InChI is InChI=1S/C13H12BrNOS/c14-12-6-5-10(17-12)8-15-11-3-1-2-9(11)4-7-13(15)16/h4-7H,1-3,8H2. The zero-order chi connectivity index (χ0) is 11.8. The number of thiophene rings is 1. The topological polar surface area (TPSA) is 22.0 Å². The molecule has 2 aromatic heterocycles. The number of rotatable bonds is 2. The molecule has 0 unspecified atom stereocenters. The van der Waals surface area contributed by atoms with Gasteiger partial charge in [-0.1, -0.05) is 6.07 Å². The van der Waals surface area contributed by atoms with Gasteiger partial charge < -0.3 is 4.57 Å². The smallest absolute Gasteiger partial charge is 0.251 e. The first-order chi connectivity index (χ1) is 8.24. The molecule has 3 rings (SSSR count). The first kappa shape index (κ1) is 11.2. The van der Waals surface area contributed by atoms with E-state index in [1.807, 2.05) is 16.7 Å². The zero-order valence-corrected chi connectivity index (χ0v) is 11.7. The van der Waals surface area contributed by atoms with Crippen LogP contribution in [0.2, 0.25) is 0 Å². The maximum atomic E-state index is 11.9. The molecule has 4 heteroatoms. The summed E-state index contributed by atoms with van der Waals surface area (Å²) in [5.74, 6) is 0. The van der Waals surface area contributed by atoms with E-state index in [2.05, 4.69) is 22.0 Å². The summed E-state index contributed by atoms with van der Waals surface area (Å²) < 4.78 is 3.05. The lowest BCUT2D eigenvalue weighted by atomic mass is 10.2. The van der Waals surface area contributed by atoms with Crippen molar-refractivity contribution in [2.24, 2.45) is 0 Å². The second kappa shape index (κ2) is 4.42. The van der Waals surface area contributed by atoms with Crippen molar-refractivity contribution in [1.82, 2.24) is 4.57 Å². The SMILES string of the molecule is O=c1ccc2c(n1Cc1ccc(Br)s1)CCC2. The molecule has 0 atom stereocenters. The first-order valence-electron chi connectivity index (χ1n) is 5.70. The Balaban J connectivity index is 2.03. The molecule has 2 heterocycles. The Bertz CT molecular complexity index is 614. The fraction of sp³-hybridized carbons (Fsp3) is 0.308. The summed E-state index contributed by atoms with van der Waals surface area (Å²) in [6.45, 7) is 0.707. The molecule has 2 nitrogen and oxygen atoms in total. The van der Waals surface area contributed by atoms with E-state index in [4.69, 9.17) is 0 Å². The van der Waals surface area contributed by atoms with Crippen molar-refractivity contribution in [2.45, 2.75) is 25.8 Å². The predicted molar refractivity (Wildman–Crippen MR) is 73.8 cm³/mol. The summed E-state index contributed by atoms with van der Waals surface area (Å²) in [6.07, 6.45) is 3.33. The molecular formula is C13H12BrNOS. The Hall–Kier alpha value is -0.870. The quantitative estimate of drug-likeness (QED) is 0.835. The summed E-state index contributed by atoms with van der Waals surface area (Å²) in [6, 6.07) is 7.81. The third-order valence-corrected chi connectivity index (χ3v) is 4.80. The highest BCUT2D eigenvalue weighted by atomic mass is 79.9. The number of nitrogens with zero attached hydrogens (tertiary/aromatic N) is 1. The van der Waals surface area contributed by atoms with Crippen LogP contribution in [-0.4, -0.2) is 4.57 Å². The second-order valence-electron chi connectivity index (χ2n) is 4.29. The van der Waals surface area contributed by atoms with Crippen molar-refractivity contribution in [3.05, 3.63) is 54.5 Å². The molecule has 1 aliphatic rings. The summed E-state index contributed by atoms with van der Waals surface area (Å²) in [7, 11) is 0. The van der Waals surface area contributed by atoms with E-state index < -0.39 is 0 Å². The van der Waals surface area contributed by atoms with Gasteiger partial charge in [0.1, 0.15) is 0 Å². The summed E-state index contributed by atoms with van der Waals surface area (Å²) in [5.41, 5.74) is 2.71. The monoisotopic (exact) mass is 309 g/mol. The van der Waals surface area contributed by atoms with Crippen molar-refractivity contribution in [3.63, 3.8) is 0 Å². The van der Waals surface area contributed by atoms with Crippen LogP contribution in [0.4, 0.5) is 0 Å². The van der Waals surface area contributed by atoms with Crippen molar-refractivity contribution >= 4 is 27.3 Å². The van der Waals surface area contributed by atoms with Crippen LogP contribution >= 0.6 is 27.3 Å². The van der Waals surface area contributed by atoms with Crippen LogP contribution in [0.5, 0.6) is 0 Å². The molecule has 2 aromatic rings. The fourth-order valence-electron chi connectivity index (χ4n) is 2.40. The molecular weight excluding hydrogens is 298 g/mol. The molecule has 88 valence electrons. The number of hydrogen-bond donors (Lipinski definition) is 0. The number of halogens is 1. The molecule has 0 bridgehead atoms. The summed E-state index contributed by atoms with van der Waals surface area (Å²) in [5, 5.41) is 0. The van der Waals surface area contributed by atoms with Gasteiger partial charge in [-0.2, -0.15) is 0 Å². The number of pyridine rings is 1. The van der Waals surface area contributed by atoms with E-state index in [0.717, 1.165) is 16.6 Å². The lowest BCUT2D eigenvalue weighted by Gasteiger charge is -2.10. The Labute approximate surface area is 112 Å². The maximum Gasteiger partial charge on any atom is 0.251 e. The van der Waals surface area contributed by atoms with Crippen LogP contribution in [0.3, 0.4) is 0 Å². The first-order valence-corrected chi connectivity index (χ1v) is 7.31. The Kier molecular flexibility index (Phi) is 2.92. The lowest BCUT2D eigenvalue weighted by Crippen LogP contribution is -2.22. The molecule has 0 N–H and O–H groups in total. The van der Waals surface area contributed by atoms with E-state index in [0.29, 0.717) is 6.54 Å². The lowest BCUT2D eigenvalue weighted by molar-refractivity contribution is 0.715. The van der Waals surface area contributed by atoms with E-state index in [-0.39, 0.29) is 5.56 Å². The Morgan fingerprint density at radius 1 is 1.24 bits per heavy atom. The molecule has 0 spiro atoms. The van der Waals surface area contributed by atoms with Crippen LogP contribution in [0.15, 0.2) is 32.8 Å². The van der Waals surface area contributed by atoms with Crippen LogP contribution in [0.25, 0.3) is 0 Å². The minimum atomic E-state index is 0.121. The number of fused-ring (bicyclic) bond motifs is 1. The minimum absolute atomic E-state index is 0.121. The van der Waals surface area contributed by atoms with Gasteiger partial charge in [-0.15, -0.1) is 11.3 Å². The van der Waals surface area contributed by atoms with E-state index in [1.54, 1.807) is 17.4 Å². The normalized spacial score (nSPS) is 13.9. The van der Waals surface area contributed by atoms with Gasteiger partial charge in [0, 0.05) is 16.6 Å². The van der Waals surface area contributed by atoms with Gasteiger partial charge in [0.05, 0.1) is 10.3 Å². The van der Waals surface area contributed by atoms with Gasteiger partial charge in [-0.05, 0) is 52.9 Å². The van der Waals surface area contributed by atoms with E-state index in [1.165, 1.54) is 22.6 Å². The van der Waals surface area contributed by atoms with Crippen LogP contribution in [-0.2, 0) is 19.4 Å². The number of hydrogen-bond acceptors (Lipinski definition) is 2. The molecule has 0 saturated carbocycles. The van der Waals surface area contributed by atoms with Gasteiger partial charge in [0.2, 0.25) is 0 Å². The number of aromatic nitrogens is 1. The van der Waals surface area contributed by atoms with Crippen molar-refractivity contribution in [1.29, 1.82) is 0 Å². The largest absolute Gasteiger partial charge is 0.307 e. The average Bonchev–Trinajstić information content (AvgIpc) is 2.91. The molecule has 0 amide bonds. The van der Waals surface area contributed by atoms with Crippen LogP contribution < -0.4 is 5.56 Å². The zero-order valence-electron chi connectivity index (χ0n) is 9.28. The van der Waals surface area contributed by atoms with Gasteiger partial charge >= 0.3 is 0 Å². The third kappa shape index (κ3) is 2.11. The molecule has 0 aliphatic heterocycles. The van der Waals surface area contributed by atoms with Gasteiger partial charge in [0.25, 0.3) is 5.56 Å². The molecule has 0 radical (unpaired) electrons. The predicted octanol–water partition coefficient (Wildman–Crippen LogP) is 3.21. The molecule has 0 aromatic carbocycles. The van der Waals surface area contributed by atoms with E-state index >= 15 is 0 Å². The van der Waals surface area contributed by atoms with E-state index in [9.17, 15) is 4.79 Å². The highest BCUT2D eigenvalue weighted by molar-refractivity contribution is 9.11. The molecule has 1 aliphatic carbocycles. The van der Waals surface area contributed by atoms with Crippen molar-refractivity contribution in [2.75, 3.05) is 0 Å². The van der Waals surface area contributed by atoms with Gasteiger partial charge in [-0.25, -0.2) is 0 Å².